The molecule has 0 aromatic carbocycles. The van der Waals surface area contributed by atoms with E-state index in [9.17, 15) is 9.50 Å². The van der Waals surface area contributed by atoms with Crippen molar-refractivity contribution in [2.75, 3.05) is 33.7 Å². The molecule has 5 heteroatoms. The zero-order valence-electron chi connectivity index (χ0n) is 10.9. The van der Waals surface area contributed by atoms with Crippen LogP contribution in [0.2, 0.25) is 0 Å². The van der Waals surface area contributed by atoms with E-state index in [-0.39, 0.29) is 6.04 Å². The lowest BCUT2D eigenvalue weighted by Gasteiger charge is -2.31. The van der Waals surface area contributed by atoms with E-state index in [1.54, 1.807) is 0 Å². The van der Waals surface area contributed by atoms with Gasteiger partial charge in [-0.3, -0.25) is 9.88 Å². The van der Waals surface area contributed by atoms with Crippen LogP contribution in [0.15, 0.2) is 18.5 Å². The van der Waals surface area contributed by atoms with Crippen molar-refractivity contribution in [3.63, 3.8) is 0 Å². The molecule has 2 unspecified atom stereocenters. The smallest absolute Gasteiger partial charge is 0.141 e. The van der Waals surface area contributed by atoms with Crippen LogP contribution in [-0.4, -0.2) is 59.7 Å². The molecule has 1 aromatic rings. The quantitative estimate of drug-likeness (QED) is 0.849. The second kappa shape index (κ2) is 5.73. The fourth-order valence-corrected chi connectivity index (χ4v) is 2.46. The van der Waals surface area contributed by atoms with Gasteiger partial charge in [0.2, 0.25) is 0 Å². The summed E-state index contributed by atoms with van der Waals surface area (Å²) in [7, 11) is 4.04. The molecule has 100 valence electrons. The van der Waals surface area contributed by atoms with Gasteiger partial charge in [0.1, 0.15) is 5.82 Å². The SMILES string of the molecule is CN1CCCN(C)C(C(O)c2cncc(F)c2)C1. The summed E-state index contributed by atoms with van der Waals surface area (Å²) in [6.07, 6.45) is 3.06. The van der Waals surface area contributed by atoms with Crippen LogP contribution in [0.4, 0.5) is 4.39 Å². The highest BCUT2D eigenvalue weighted by atomic mass is 19.1. The molecule has 1 aromatic heterocycles. The molecule has 1 fully saturated rings. The first kappa shape index (κ1) is 13.4. The Morgan fingerprint density at radius 1 is 1.39 bits per heavy atom. The topological polar surface area (TPSA) is 39.6 Å². The fraction of sp³-hybridized carbons (Fsp3) is 0.615. The van der Waals surface area contributed by atoms with Gasteiger partial charge in [0.05, 0.1) is 18.3 Å². The van der Waals surface area contributed by atoms with Gasteiger partial charge >= 0.3 is 0 Å². The number of likely N-dealkylation sites (N-methyl/N-ethyl adjacent to an activating group) is 2. The van der Waals surface area contributed by atoms with Crippen LogP contribution in [0, 0.1) is 5.82 Å². The van der Waals surface area contributed by atoms with Gasteiger partial charge in [-0.15, -0.1) is 0 Å². The standard InChI is InChI=1S/C13H20FN3O/c1-16-4-3-5-17(2)12(9-16)13(18)10-6-11(14)8-15-7-10/h6-8,12-13,18H,3-5,9H2,1-2H3. The average Bonchev–Trinajstić information content (AvgIpc) is 2.50. The number of aromatic nitrogens is 1. The summed E-state index contributed by atoms with van der Waals surface area (Å²) in [6.45, 7) is 2.73. The zero-order valence-corrected chi connectivity index (χ0v) is 10.9. The fourth-order valence-electron chi connectivity index (χ4n) is 2.46. The van der Waals surface area contributed by atoms with Gasteiger partial charge in [0.25, 0.3) is 0 Å². The number of rotatable bonds is 2. The maximum atomic E-state index is 13.2. The number of pyridine rings is 1. The van der Waals surface area contributed by atoms with Crippen LogP contribution in [0.3, 0.4) is 0 Å². The molecule has 2 rings (SSSR count). The number of halogens is 1. The molecule has 2 atom stereocenters. The Balaban J connectivity index is 2.17. The Morgan fingerprint density at radius 3 is 2.89 bits per heavy atom. The molecule has 0 spiro atoms. The van der Waals surface area contributed by atoms with Crippen molar-refractivity contribution in [3.8, 4) is 0 Å². The van der Waals surface area contributed by atoms with E-state index in [1.165, 1.54) is 12.3 Å². The number of nitrogens with zero attached hydrogens (tertiary/aromatic N) is 3. The lowest BCUT2D eigenvalue weighted by atomic mass is 10.0. The Morgan fingerprint density at radius 2 is 2.17 bits per heavy atom. The van der Waals surface area contributed by atoms with Crippen molar-refractivity contribution < 1.29 is 9.50 Å². The maximum absolute atomic E-state index is 13.2. The van der Waals surface area contributed by atoms with Crippen LogP contribution in [0.1, 0.15) is 18.1 Å². The molecule has 0 saturated carbocycles. The third-order valence-corrected chi connectivity index (χ3v) is 3.55. The highest BCUT2D eigenvalue weighted by Gasteiger charge is 2.28. The van der Waals surface area contributed by atoms with Gasteiger partial charge < -0.3 is 10.0 Å². The summed E-state index contributed by atoms with van der Waals surface area (Å²) in [5.74, 6) is -0.406. The first-order valence-electron chi connectivity index (χ1n) is 6.25. The molecule has 1 saturated heterocycles. The van der Waals surface area contributed by atoms with Gasteiger partial charge in [-0.25, -0.2) is 4.39 Å². The first-order valence-corrected chi connectivity index (χ1v) is 6.25. The summed E-state index contributed by atoms with van der Waals surface area (Å²) < 4.78 is 13.2. The van der Waals surface area contributed by atoms with Crippen LogP contribution < -0.4 is 0 Å². The van der Waals surface area contributed by atoms with Crippen LogP contribution >= 0.6 is 0 Å². The molecule has 0 radical (unpaired) electrons. The molecule has 4 nitrogen and oxygen atoms in total. The van der Waals surface area contributed by atoms with E-state index < -0.39 is 11.9 Å². The number of hydrogen-bond acceptors (Lipinski definition) is 4. The number of aliphatic hydroxyl groups excluding tert-OH is 1. The molecular formula is C13H20FN3O. The molecule has 1 aliphatic rings. The summed E-state index contributed by atoms with van der Waals surface area (Å²) >= 11 is 0. The number of aliphatic hydroxyl groups is 1. The molecule has 18 heavy (non-hydrogen) atoms. The van der Waals surface area contributed by atoms with E-state index in [2.05, 4.69) is 14.8 Å². The Kier molecular flexibility index (Phi) is 4.27. The highest BCUT2D eigenvalue weighted by molar-refractivity contribution is 5.15. The summed E-state index contributed by atoms with van der Waals surface area (Å²) in [5.41, 5.74) is 0.544. The summed E-state index contributed by atoms with van der Waals surface area (Å²) in [4.78, 5) is 8.14. The number of hydrogen-bond donors (Lipinski definition) is 1. The van der Waals surface area contributed by atoms with E-state index in [0.29, 0.717) is 5.56 Å². The summed E-state index contributed by atoms with van der Waals surface area (Å²) in [6, 6.07) is 1.33. The minimum absolute atomic E-state index is 0.0268. The van der Waals surface area contributed by atoms with Crippen molar-refractivity contribution in [2.45, 2.75) is 18.6 Å². The molecule has 1 aliphatic heterocycles. The van der Waals surface area contributed by atoms with Gasteiger partial charge in [-0.05, 0) is 39.7 Å². The molecule has 1 N–H and O–H groups in total. The van der Waals surface area contributed by atoms with Gasteiger partial charge in [0.15, 0.2) is 0 Å². The maximum Gasteiger partial charge on any atom is 0.141 e. The average molecular weight is 253 g/mol. The molecule has 0 aliphatic carbocycles. The predicted molar refractivity (Wildman–Crippen MR) is 67.7 cm³/mol. The largest absolute Gasteiger partial charge is 0.387 e. The minimum Gasteiger partial charge on any atom is -0.387 e. The highest BCUT2D eigenvalue weighted by Crippen LogP contribution is 2.22. The Labute approximate surface area is 107 Å². The second-order valence-electron chi connectivity index (χ2n) is 5.05. The van der Waals surface area contributed by atoms with Crippen LogP contribution in [0.25, 0.3) is 0 Å². The molecule has 0 amide bonds. The minimum atomic E-state index is -0.709. The Bertz CT molecular complexity index is 402. The van der Waals surface area contributed by atoms with E-state index in [0.717, 1.165) is 32.3 Å². The third-order valence-electron chi connectivity index (χ3n) is 3.55. The summed E-state index contributed by atoms with van der Waals surface area (Å²) in [5, 5.41) is 10.4. The van der Waals surface area contributed by atoms with Crippen LogP contribution in [-0.2, 0) is 0 Å². The van der Waals surface area contributed by atoms with Crippen molar-refractivity contribution in [1.29, 1.82) is 0 Å². The molecule has 2 heterocycles. The van der Waals surface area contributed by atoms with E-state index in [4.69, 9.17) is 0 Å². The predicted octanol–water partition coefficient (Wildman–Crippen LogP) is 0.890. The van der Waals surface area contributed by atoms with Crippen LogP contribution in [0.5, 0.6) is 0 Å². The second-order valence-corrected chi connectivity index (χ2v) is 5.05. The molecule has 0 bridgehead atoms. The first-order chi connectivity index (χ1) is 8.58. The lowest BCUT2D eigenvalue weighted by Crippen LogP contribution is -2.42. The molecular weight excluding hydrogens is 233 g/mol. The van der Waals surface area contributed by atoms with Gasteiger partial charge in [0, 0.05) is 18.3 Å². The Hall–Kier alpha value is -1.04. The monoisotopic (exact) mass is 253 g/mol. The zero-order chi connectivity index (χ0) is 13.1. The van der Waals surface area contributed by atoms with Crippen molar-refractivity contribution in [1.82, 2.24) is 14.8 Å². The van der Waals surface area contributed by atoms with Crippen molar-refractivity contribution in [3.05, 3.63) is 29.8 Å². The third kappa shape index (κ3) is 3.04. The van der Waals surface area contributed by atoms with Crippen molar-refractivity contribution >= 4 is 0 Å². The normalized spacial score (nSPS) is 24.8. The van der Waals surface area contributed by atoms with Crippen molar-refractivity contribution in [2.24, 2.45) is 0 Å². The van der Waals surface area contributed by atoms with E-state index >= 15 is 0 Å². The lowest BCUT2D eigenvalue weighted by molar-refractivity contribution is 0.0568. The van der Waals surface area contributed by atoms with Gasteiger partial charge in [-0.2, -0.15) is 0 Å². The van der Waals surface area contributed by atoms with Gasteiger partial charge in [-0.1, -0.05) is 0 Å². The van der Waals surface area contributed by atoms with E-state index in [1.807, 2.05) is 14.1 Å².